The fraction of sp³-hybridized carbons (Fsp3) is 0.333. The first-order chi connectivity index (χ1) is 15.4. The maximum Gasteiger partial charge on any atom is 0.339 e. The molecular formula is C24H26O8. The zero-order chi connectivity index (χ0) is 23.7. The van der Waals surface area contributed by atoms with E-state index >= 15 is 0 Å². The van der Waals surface area contributed by atoms with E-state index in [1.54, 1.807) is 58.0 Å². The molecule has 2 rings (SSSR count). The van der Waals surface area contributed by atoms with Crippen molar-refractivity contribution >= 4 is 23.9 Å². The molecule has 0 radical (unpaired) electrons. The highest BCUT2D eigenvalue weighted by molar-refractivity contribution is 6.17. The van der Waals surface area contributed by atoms with Gasteiger partial charge in [-0.3, -0.25) is 0 Å². The second kappa shape index (κ2) is 11.6. The molecule has 0 atom stereocenters. The van der Waals surface area contributed by atoms with Gasteiger partial charge < -0.3 is 18.9 Å². The van der Waals surface area contributed by atoms with Gasteiger partial charge in [-0.1, -0.05) is 30.3 Å². The van der Waals surface area contributed by atoms with Crippen molar-refractivity contribution in [2.75, 3.05) is 26.4 Å². The lowest BCUT2D eigenvalue weighted by Crippen LogP contribution is -2.23. The Morgan fingerprint density at radius 2 is 0.969 bits per heavy atom. The van der Waals surface area contributed by atoms with Crippen LogP contribution >= 0.6 is 0 Å². The highest BCUT2D eigenvalue weighted by atomic mass is 16.5. The highest BCUT2D eigenvalue weighted by Crippen LogP contribution is 2.35. The summed E-state index contributed by atoms with van der Waals surface area (Å²) in [5, 5.41) is 0. The van der Waals surface area contributed by atoms with E-state index in [-0.39, 0.29) is 54.2 Å². The summed E-state index contributed by atoms with van der Waals surface area (Å²) in [6, 6.07) is 9.55. The van der Waals surface area contributed by atoms with Crippen molar-refractivity contribution in [2.45, 2.75) is 27.7 Å². The zero-order valence-electron chi connectivity index (χ0n) is 18.6. The van der Waals surface area contributed by atoms with Gasteiger partial charge in [-0.25, -0.2) is 19.2 Å². The molecule has 0 aromatic heterocycles. The van der Waals surface area contributed by atoms with E-state index in [2.05, 4.69) is 0 Å². The highest BCUT2D eigenvalue weighted by Gasteiger charge is 2.34. The fourth-order valence-electron chi connectivity index (χ4n) is 3.15. The van der Waals surface area contributed by atoms with Gasteiger partial charge in [0.25, 0.3) is 0 Å². The minimum Gasteiger partial charge on any atom is -0.462 e. The van der Waals surface area contributed by atoms with Crippen molar-refractivity contribution in [3.8, 4) is 11.1 Å². The molecule has 0 amide bonds. The molecule has 0 aliphatic rings. The maximum absolute atomic E-state index is 13.0. The third-order valence-corrected chi connectivity index (χ3v) is 4.34. The zero-order valence-corrected chi connectivity index (χ0v) is 18.6. The minimum absolute atomic E-state index is 0.0314. The topological polar surface area (TPSA) is 105 Å². The number of hydrogen-bond donors (Lipinski definition) is 0. The Bertz CT molecular complexity index is 937. The molecule has 8 heteroatoms. The Hall–Kier alpha value is -3.68. The lowest BCUT2D eigenvalue weighted by Gasteiger charge is -2.20. The molecule has 0 N–H and O–H groups in total. The number of benzene rings is 2. The summed E-state index contributed by atoms with van der Waals surface area (Å²) >= 11 is 0. The SMILES string of the molecule is CCOC(=O)c1cc(C(=O)OCC)c(C(=O)OCC)c(-c2ccccc2)c1C(=O)OCC. The quantitative estimate of drug-likeness (QED) is 0.423. The van der Waals surface area contributed by atoms with Gasteiger partial charge in [-0.2, -0.15) is 0 Å². The lowest BCUT2D eigenvalue weighted by molar-refractivity contribution is 0.0464. The van der Waals surface area contributed by atoms with E-state index in [9.17, 15) is 19.2 Å². The summed E-state index contributed by atoms with van der Waals surface area (Å²) in [6.45, 7) is 6.59. The molecule has 0 aliphatic carbocycles. The van der Waals surface area contributed by atoms with Crippen LogP contribution in [0.3, 0.4) is 0 Å². The molecule has 8 nitrogen and oxygen atoms in total. The van der Waals surface area contributed by atoms with Crippen LogP contribution in [-0.2, 0) is 18.9 Å². The molecule has 2 aromatic carbocycles. The van der Waals surface area contributed by atoms with Crippen LogP contribution in [0.1, 0.15) is 69.1 Å². The van der Waals surface area contributed by atoms with Crippen molar-refractivity contribution in [1.29, 1.82) is 0 Å². The maximum atomic E-state index is 13.0. The van der Waals surface area contributed by atoms with E-state index < -0.39 is 23.9 Å². The number of rotatable bonds is 9. The van der Waals surface area contributed by atoms with Crippen molar-refractivity contribution in [3.63, 3.8) is 0 Å². The Labute approximate surface area is 186 Å². The average molecular weight is 442 g/mol. The third-order valence-electron chi connectivity index (χ3n) is 4.34. The van der Waals surface area contributed by atoms with Gasteiger partial charge in [0.15, 0.2) is 0 Å². The summed E-state index contributed by atoms with van der Waals surface area (Å²) in [5.41, 5.74) is -0.341. The van der Waals surface area contributed by atoms with Crippen LogP contribution in [0.25, 0.3) is 11.1 Å². The monoisotopic (exact) mass is 442 g/mol. The summed E-state index contributed by atoms with van der Waals surface area (Å²) in [7, 11) is 0. The van der Waals surface area contributed by atoms with E-state index in [1.807, 2.05) is 0 Å². The molecule has 0 fully saturated rings. The average Bonchev–Trinajstić information content (AvgIpc) is 2.78. The molecule has 32 heavy (non-hydrogen) atoms. The van der Waals surface area contributed by atoms with Crippen LogP contribution in [0, 0.1) is 0 Å². The Balaban J connectivity index is 3.06. The van der Waals surface area contributed by atoms with Crippen molar-refractivity contribution < 1.29 is 38.1 Å². The molecule has 0 spiro atoms. The second-order valence-corrected chi connectivity index (χ2v) is 6.34. The van der Waals surface area contributed by atoms with E-state index in [4.69, 9.17) is 18.9 Å². The van der Waals surface area contributed by atoms with Crippen molar-refractivity contribution in [3.05, 3.63) is 58.7 Å². The van der Waals surface area contributed by atoms with Gasteiger partial charge in [-0.15, -0.1) is 0 Å². The molecule has 0 saturated carbocycles. The summed E-state index contributed by atoms with van der Waals surface area (Å²) in [5.74, 6) is -3.35. The van der Waals surface area contributed by atoms with Crippen LogP contribution in [0.2, 0.25) is 0 Å². The Morgan fingerprint density at radius 1 is 0.594 bits per heavy atom. The third kappa shape index (κ3) is 5.32. The van der Waals surface area contributed by atoms with Gasteiger partial charge in [0, 0.05) is 5.56 Å². The van der Waals surface area contributed by atoms with Gasteiger partial charge in [0.1, 0.15) is 0 Å². The first-order valence-corrected chi connectivity index (χ1v) is 10.4. The lowest BCUT2D eigenvalue weighted by atomic mass is 9.87. The Kier molecular flexibility index (Phi) is 8.95. The van der Waals surface area contributed by atoms with E-state index in [0.29, 0.717) is 5.56 Å². The van der Waals surface area contributed by atoms with Gasteiger partial charge in [0.2, 0.25) is 0 Å². The molecule has 0 aliphatic heterocycles. The van der Waals surface area contributed by atoms with Gasteiger partial charge in [-0.05, 0) is 39.3 Å². The van der Waals surface area contributed by atoms with Crippen molar-refractivity contribution in [1.82, 2.24) is 0 Å². The minimum atomic E-state index is -0.839. The Morgan fingerprint density at radius 3 is 1.34 bits per heavy atom. The summed E-state index contributed by atoms with van der Waals surface area (Å²) in [6.07, 6.45) is 0. The van der Waals surface area contributed by atoms with Crippen LogP contribution in [-0.4, -0.2) is 50.3 Å². The second-order valence-electron chi connectivity index (χ2n) is 6.34. The van der Waals surface area contributed by atoms with Crippen molar-refractivity contribution in [2.24, 2.45) is 0 Å². The standard InChI is InChI=1S/C24H26O8/c1-5-29-21(25)16-14-17(22(26)30-6-2)20(24(28)32-8-4)18(15-12-10-9-11-13-15)19(16)23(27)31-7-3/h9-14H,5-8H2,1-4H3. The molecule has 170 valence electrons. The number of carbonyl (C=O) groups excluding carboxylic acids is 4. The van der Waals surface area contributed by atoms with Crippen LogP contribution < -0.4 is 0 Å². The number of esters is 4. The largest absolute Gasteiger partial charge is 0.462 e. The molecule has 0 bridgehead atoms. The molecular weight excluding hydrogens is 416 g/mol. The molecule has 0 saturated heterocycles. The van der Waals surface area contributed by atoms with E-state index in [0.717, 1.165) is 6.07 Å². The first kappa shape index (κ1) is 24.6. The first-order valence-electron chi connectivity index (χ1n) is 10.4. The van der Waals surface area contributed by atoms with Gasteiger partial charge >= 0.3 is 23.9 Å². The predicted octanol–water partition coefficient (Wildman–Crippen LogP) is 4.06. The van der Waals surface area contributed by atoms with Crippen LogP contribution in [0.4, 0.5) is 0 Å². The smallest absolute Gasteiger partial charge is 0.339 e. The number of ether oxygens (including phenoxy) is 4. The molecule has 2 aromatic rings. The van der Waals surface area contributed by atoms with E-state index in [1.165, 1.54) is 0 Å². The van der Waals surface area contributed by atoms with Crippen LogP contribution in [0.15, 0.2) is 36.4 Å². The number of carbonyl (C=O) groups is 4. The predicted molar refractivity (Wildman–Crippen MR) is 116 cm³/mol. The fourth-order valence-corrected chi connectivity index (χ4v) is 3.15. The van der Waals surface area contributed by atoms with Gasteiger partial charge in [0.05, 0.1) is 48.7 Å². The molecule has 0 unspecified atom stereocenters. The summed E-state index contributed by atoms with van der Waals surface area (Å²) in [4.78, 5) is 51.6. The summed E-state index contributed by atoms with van der Waals surface area (Å²) < 4.78 is 20.6. The number of hydrogen-bond acceptors (Lipinski definition) is 8. The normalized spacial score (nSPS) is 10.2. The van der Waals surface area contributed by atoms with Crippen LogP contribution in [0.5, 0.6) is 0 Å². The molecule has 0 heterocycles.